The van der Waals surface area contributed by atoms with Crippen LogP contribution in [0.5, 0.6) is 5.75 Å². The van der Waals surface area contributed by atoms with Crippen molar-refractivity contribution >= 4 is 17.2 Å². The summed E-state index contributed by atoms with van der Waals surface area (Å²) in [5, 5.41) is 0. The standard InChI is InChI=1S/C31H32N4O/c32-31-19-23(13-16-33-31)21-34-17-14-29(15-18-34)36-28-11-9-27(10-12-28)35-22-26-7-2-1-5-24(26)20-25-6-3-4-8-30(25)35/h1-13,16,19,29H,14-15,17-18,20-22H2,(H2,32,33). The summed E-state index contributed by atoms with van der Waals surface area (Å²) >= 11 is 0. The van der Waals surface area contributed by atoms with Crippen LogP contribution >= 0.6 is 0 Å². The van der Waals surface area contributed by atoms with Gasteiger partial charge in [-0.15, -0.1) is 0 Å². The number of anilines is 3. The number of rotatable bonds is 5. The average molecular weight is 477 g/mol. The Morgan fingerprint density at radius 3 is 2.33 bits per heavy atom. The van der Waals surface area contributed by atoms with Crippen molar-refractivity contribution in [2.45, 2.75) is 38.5 Å². The van der Waals surface area contributed by atoms with Gasteiger partial charge in [-0.1, -0.05) is 42.5 Å². The fourth-order valence-electron chi connectivity index (χ4n) is 5.43. The van der Waals surface area contributed by atoms with E-state index in [9.17, 15) is 0 Å². The van der Waals surface area contributed by atoms with Crippen molar-refractivity contribution in [1.82, 2.24) is 9.88 Å². The summed E-state index contributed by atoms with van der Waals surface area (Å²) in [5.41, 5.74) is 13.7. The minimum absolute atomic E-state index is 0.250. The number of ether oxygens (including phenoxy) is 1. The minimum Gasteiger partial charge on any atom is -0.490 e. The van der Waals surface area contributed by atoms with E-state index >= 15 is 0 Å². The molecule has 0 spiro atoms. The molecule has 0 bridgehead atoms. The van der Waals surface area contributed by atoms with Gasteiger partial charge in [-0.25, -0.2) is 4.98 Å². The second-order valence-corrected chi connectivity index (χ2v) is 9.84. The van der Waals surface area contributed by atoms with E-state index < -0.39 is 0 Å². The van der Waals surface area contributed by atoms with Gasteiger partial charge in [0, 0.05) is 43.8 Å². The van der Waals surface area contributed by atoms with Gasteiger partial charge in [0.05, 0.1) is 0 Å². The van der Waals surface area contributed by atoms with Crippen molar-refractivity contribution in [3.05, 3.63) is 113 Å². The zero-order valence-corrected chi connectivity index (χ0v) is 20.5. The number of fused-ring (bicyclic) bond motifs is 2. The molecule has 0 saturated carbocycles. The topological polar surface area (TPSA) is 54.6 Å². The van der Waals surface area contributed by atoms with E-state index in [4.69, 9.17) is 10.5 Å². The molecule has 6 rings (SSSR count). The summed E-state index contributed by atoms with van der Waals surface area (Å²) in [6, 6.07) is 30.2. The Morgan fingerprint density at radius 1 is 0.833 bits per heavy atom. The number of pyridine rings is 1. The number of aromatic nitrogens is 1. The Hall–Kier alpha value is -3.83. The third kappa shape index (κ3) is 4.93. The molecule has 0 amide bonds. The largest absolute Gasteiger partial charge is 0.490 e. The first-order valence-electron chi connectivity index (χ1n) is 12.8. The van der Waals surface area contributed by atoms with Gasteiger partial charge < -0.3 is 15.4 Å². The van der Waals surface area contributed by atoms with Crippen molar-refractivity contribution in [2.75, 3.05) is 23.7 Å². The molecule has 2 aliphatic heterocycles. The molecule has 3 aromatic carbocycles. The predicted octanol–water partition coefficient (Wildman–Crippen LogP) is 5.95. The monoisotopic (exact) mass is 476 g/mol. The van der Waals surface area contributed by atoms with Crippen molar-refractivity contribution < 1.29 is 4.74 Å². The molecule has 0 radical (unpaired) electrons. The van der Waals surface area contributed by atoms with E-state index in [1.807, 2.05) is 12.1 Å². The molecule has 5 heteroatoms. The van der Waals surface area contributed by atoms with Gasteiger partial charge in [-0.05, 0) is 84.0 Å². The molecule has 0 atom stereocenters. The maximum absolute atomic E-state index is 6.39. The highest BCUT2D eigenvalue weighted by Gasteiger charge is 2.22. The molecule has 2 N–H and O–H groups in total. The Morgan fingerprint density at radius 2 is 1.56 bits per heavy atom. The van der Waals surface area contributed by atoms with Crippen LogP contribution in [-0.2, 0) is 19.5 Å². The molecule has 4 aromatic rings. The fourth-order valence-corrected chi connectivity index (χ4v) is 5.43. The molecule has 2 aliphatic rings. The molecule has 0 aliphatic carbocycles. The quantitative estimate of drug-likeness (QED) is 0.386. The van der Waals surface area contributed by atoms with Gasteiger partial charge in [0.1, 0.15) is 17.7 Å². The lowest BCUT2D eigenvalue weighted by atomic mass is 10.0. The summed E-state index contributed by atoms with van der Waals surface area (Å²) in [6.45, 7) is 3.83. The maximum atomic E-state index is 6.39. The molecule has 1 fully saturated rings. The Bertz CT molecular complexity index is 1330. The summed E-state index contributed by atoms with van der Waals surface area (Å²) in [5.74, 6) is 1.53. The van der Waals surface area contributed by atoms with Crippen LogP contribution in [-0.4, -0.2) is 29.1 Å². The van der Waals surface area contributed by atoms with Crippen LogP contribution in [0.1, 0.15) is 35.1 Å². The Labute approximate surface area is 213 Å². The lowest BCUT2D eigenvalue weighted by molar-refractivity contribution is 0.0968. The highest BCUT2D eigenvalue weighted by molar-refractivity contribution is 5.69. The minimum atomic E-state index is 0.250. The van der Waals surface area contributed by atoms with Gasteiger partial charge in [0.15, 0.2) is 0 Å². The van der Waals surface area contributed by atoms with Crippen LogP contribution in [0.15, 0.2) is 91.1 Å². The van der Waals surface area contributed by atoms with Crippen LogP contribution in [0.2, 0.25) is 0 Å². The first-order chi connectivity index (χ1) is 17.7. The van der Waals surface area contributed by atoms with Crippen molar-refractivity contribution in [1.29, 1.82) is 0 Å². The fraction of sp³-hybridized carbons (Fsp3) is 0.258. The second-order valence-electron chi connectivity index (χ2n) is 9.84. The molecule has 182 valence electrons. The van der Waals surface area contributed by atoms with Crippen molar-refractivity contribution in [3.63, 3.8) is 0 Å². The van der Waals surface area contributed by atoms with E-state index in [0.717, 1.165) is 51.2 Å². The predicted molar refractivity (Wildman–Crippen MR) is 146 cm³/mol. The van der Waals surface area contributed by atoms with E-state index in [1.54, 1.807) is 6.20 Å². The number of hydrogen-bond donors (Lipinski definition) is 1. The molecule has 3 heterocycles. The SMILES string of the molecule is Nc1cc(CN2CCC(Oc3ccc(N4Cc5ccccc5Cc5ccccc54)cc3)CC2)ccn1. The number of nitrogens with two attached hydrogens (primary N) is 1. The number of nitrogens with zero attached hydrogens (tertiary/aromatic N) is 3. The van der Waals surface area contributed by atoms with Gasteiger partial charge in [-0.2, -0.15) is 0 Å². The normalized spacial score (nSPS) is 16.2. The Balaban J connectivity index is 1.11. The smallest absolute Gasteiger partial charge is 0.123 e. The lowest BCUT2D eigenvalue weighted by Gasteiger charge is -2.32. The number of para-hydroxylation sites is 1. The zero-order valence-electron chi connectivity index (χ0n) is 20.5. The molecule has 1 aromatic heterocycles. The summed E-state index contributed by atoms with van der Waals surface area (Å²) in [4.78, 5) is 8.98. The number of likely N-dealkylation sites (tertiary alicyclic amines) is 1. The number of piperidine rings is 1. The van der Waals surface area contributed by atoms with E-state index in [1.165, 1.54) is 33.6 Å². The number of nitrogen functional groups attached to an aromatic ring is 1. The van der Waals surface area contributed by atoms with Gasteiger partial charge >= 0.3 is 0 Å². The first-order valence-corrected chi connectivity index (χ1v) is 12.8. The highest BCUT2D eigenvalue weighted by atomic mass is 16.5. The molecule has 5 nitrogen and oxygen atoms in total. The van der Waals surface area contributed by atoms with Gasteiger partial charge in [0.2, 0.25) is 0 Å². The summed E-state index contributed by atoms with van der Waals surface area (Å²) in [7, 11) is 0. The highest BCUT2D eigenvalue weighted by Crippen LogP contribution is 2.36. The third-order valence-corrected chi connectivity index (χ3v) is 7.35. The van der Waals surface area contributed by atoms with Crippen molar-refractivity contribution in [3.8, 4) is 5.75 Å². The van der Waals surface area contributed by atoms with Crippen LogP contribution in [0.3, 0.4) is 0 Å². The van der Waals surface area contributed by atoms with E-state index in [2.05, 4.69) is 87.6 Å². The van der Waals surface area contributed by atoms with E-state index in [-0.39, 0.29) is 6.10 Å². The zero-order chi connectivity index (χ0) is 24.3. The summed E-state index contributed by atoms with van der Waals surface area (Å²) in [6.07, 6.45) is 5.06. The van der Waals surface area contributed by atoms with Gasteiger partial charge in [-0.3, -0.25) is 4.90 Å². The first kappa shape index (κ1) is 22.6. The molecule has 1 saturated heterocycles. The van der Waals surface area contributed by atoms with Crippen LogP contribution in [0.4, 0.5) is 17.2 Å². The number of benzene rings is 3. The lowest BCUT2D eigenvalue weighted by Crippen LogP contribution is -2.37. The van der Waals surface area contributed by atoms with Crippen LogP contribution < -0.4 is 15.4 Å². The van der Waals surface area contributed by atoms with Crippen LogP contribution in [0.25, 0.3) is 0 Å². The second kappa shape index (κ2) is 10.0. The number of hydrogen-bond acceptors (Lipinski definition) is 5. The average Bonchev–Trinajstić information content (AvgIpc) is 3.07. The van der Waals surface area contributed by atoms with E-state index in [0.29, 0.717) is 5.82 Å². The molecule has 36 heavy (non-hydrogen) atoms. The van der Waals surface area contributed by atoms with Crippen LogP contribution in [0, 0.1) is 0 Å². The van der Waals surface area contributed by atoms with Crippen molar-refractivity contribution in [2.24, 2.45) is 0 Å². The molecular formula is C31H32N4O. The summed E-state index contributed by atoms with van der Waals surface area (Å²) < 4.78 is 6.39. The molecule has 0 unspecified atom stereocenters. The third-order valence-electron chi connectivity index (χ3n) is 7.35. The Kier molecular flexibility index (Phi) is 6.31. The molecular weight excluding hydrogens is 444 g/mol. The maximum Gasteiger partial charge on any atom is 0.123 e. The van der Waals surface area contributed by atoms with Gasteiger partial charge in [0.25, 0.3) is 0 Å².